The third kappa shape index (κ3) is 3.99. The Balaban J connectivity index is 1.70. The number of aliphatic hydroxyl groups is 1. The predicted octanol–water partition coefficient (Wildman–Crippen LogP) is 1.53. The van der Waals surface area contributed by atoms with Gasteiger partial charge in [-0.2, -0.15) is 0 Å². The van der Waals surface area contributed by atoms with Crippen molar-refractivity contribution in [3.05, 3.63) is 71.8 Å². The normalized spacial score (nSPS) is 12.3. The average molecular weight is 242 g/mol. The van der Waals surface area contributed by atoms with Crippen molar-refractivity contribution < 1.29 is 10.4 Å². The molecule has 0 unspecified atom stereocenters. The second-order valence-electron chi connectivity index (χ2n) is 4.48. The maximum absolute atomic E-state index is 9.99. The first-order valence-electron chi connectivity index (χ1n) is 6.45. The number of hydrogen-bond donors (Lipinski definition) is 2. The molecule has 0 aliphatic rings. The standard InChI is InChI=1S/C16H19NO/c18-16(15-9-5-2-6-10-15)13-17-12-11-14-7-3-1-4-8-14/h1-10,16-18H,11-13H2/p+1/t16-/m0/s1. The summed E-state index contributed by atoms with van der Waals surface area (Å²) in [5.41, 5.74) is 2.34. The zero-order chi connectivity index (χ0) is 12.6. The van der Waals surface area contributed by atoms with E-state index < -0.39 is 0 Å². The van der Waals surface area contributed by atoms with E-state index in [0.717, 1.165) is 25.1 Å². The molecule has 0 bridgehead atoms. The molecule has 1 atom stereocenters. The molecule has 2 aromatic rings. The van der Waals surface area contributed by atoms with Crippen molar-refractivity contribution in [2.75, 3.05) is 13.1 Å². The summed E-state index contributed by atoms with van der Waals surface area (Å²) in [6.45, 7) is 1.73. The molecule has 0 aliphatic carbocycles. The van der Waals surface area contributed by atoms with Gasteiger partial charge in [-0.3, -0.25) is 0 Å². The molecule has 0 spiro atoms. The molecule has 2 heteroatoms. The summed E-state index contributed by atoms with van der Waals surface area (Å²) in [5.74, 6) is 0. The van der Waals surface area contributed by atoms with Crippen LogP contribution >= 0.6 is 0 Å². The summed E-state index contributed by atoms with van der Waals surface area (Å²) in [7, 11) is 0. The van der Waals surface area contributed by atoms with E-state index in [1.165, 1.54) is 5.56 Å². The van der Waals surface area contributed by atoms with Gasteiger partial charge in [-0.1, -0.05) is 60.7 Å². The van der Waals surface area contributed by atoms with E-state index >= 15 is 0 Å². The molecule has 2 rings (SSSR count). The van der Waals surface area contributed by atoms with Crippen LogP contribution in [0.15, 0.2) is 60.7 Å². The fourth-order valence-corrected chi connectivity index (χ4v) is 2.00. The third-order valence-corrected chi connectivity index (χ3v) is 3.05. The molecule has 2 aromatic carbocycles. The molecular formula is C16H20NO+. The first-order chi connectivity index (χ1) is 8.86. The SMILES string of the molecule is O[C@@H](C[NH2+]CCc1ccccc1)c1ccccc1. The van der Waals surface area contributed by atoms with Crippen LogP contribution in [0.2, 0.25) is 0 Å². The van der Waals surface area contributed by atoms with Crippen LogP contribution in [0.4, 0.5) is 0 Å². The Bertz CT molecular complexity index is 441. The first-order valence-corrected chi connectivity index (χ1v) is 6.45. The molecule has 0 saturated carbocycles. The van der Waals surface area contributed by atoms with E-state index in [9.17, 15) is 5.11 Å². The highest BCUT2D eigenvalue weighted by Gasteiger charge is 2.07. The zero-order valence-electron chi connectivity index (χ0n) is 10.5. The fourth-order valence-electron chi connectivity index (χ4n) is 2.00. The average Bonchev–Trinajstić information content (AvgIpc) is 2.45. The molecule has 0 saturated heterocycles. The lowest BCUT2D eigenvalue weighted by Gasteiger charge is -2.09. The number of rotatable bonds is 6. The number of aliphatic hydroxyl groups excluding tert-OH is 1. The van der Waals surface area contributed by atoms with Gasteiger partial charge in [-0.25, -0.2) is 0 Å². The minimum atomic E-state index is -0.373. The Morgan fingerprint density at radius 3 is 2.17 bits per heavy atom. The summed E-state index contributed by atoms with van der Waals surface area (Å²) < 4.78 is 0. The van der Waals surface area contributed by atoms with Crippen LogP contribution in [0.1, 0.15) is 17.2 Å². The lowest BCUT2D eigenvalue weighted by Crippen LogP contribution is -2.85. The van der Waals surface area contributed by atoms with E-state index in [-0.39, 0.29) is 6.10 Å². The van der Waals surface area contributed by atoms with E-state index in [4.69, 9.17) is 0 Å². The molecule has 0 aromatic heterocycles. The minimum absolute atomic E-state index is 0.373. The Morgan fingerprint density at radius 1 is 0.889 bits per heavy atom. The van der Waals surface area contributed by atoms with Crippen molar-refractivity contribution in [3.8, 4) is 0 Å². The highest BCUT2D eigenvalue weighted by molar-refractivity contribution is 5.17. The van der Waals surface area contributed by atoms with Crippen molar-refractivity contribution in [2.45, 2.75) is 12.5 Å². The van der Waals surface area contributed by atoms with Crippen LogP contribution in [-0.2, 0) is 6.42 Å². The van der Waals surface area contributed by atoms with Gasteiger partial charge >= 0.3 is 0 Å². The minimum Gasteiger partial charge on any atom is -0.382 e. The van der Waals surface area contributed by atoms with Crippen molar-refractivity contribution in [2.24, 2.45) is 0 Å². The van der Waals surface area contributed by atoms with E-state index in [1.807, 2.05) is 36.4 Å². The molecule has 3 N–H and O–H groups in total. The Labute approximate surface area is 108 Å². The number of benzene rings is 2. The summed E-state index contributed by atoms with van der Waals surface area (Å²) in [6, 6.07) is 20.3. The lowest BCUT2D eigenvalue weighted by atomic mass is 10.1. The molecule has 0 amide bonds. The van der Waals surface area contributed by atoms with E-state index in [2.05, 4.69) is 29.6 Å². The molecule has 2 nitrogen and oxygen atoms in total. The first kappa shape index (κ1) is 12.8. The van der Waals surface area contributed by atoms with Gasteiger partial charge in [0.05, 0.1) is 6.54 Å². The third-order valence-electron chi connectivity index (χ3n) is 3.05. The molecule has 0 heterocycles. The summed E-state index contributed by atoms with van der Waals surface area (Å²) in [6.07, 6.45) is 0.671. The van der Waals surface area contributed by atoms with Crippen LogP contribution in [-0.4, -0.2) is 18.2 Å². The lowest BCUT2D eigenvalue weighted by molar-refractivity contribution is -0.661. The van der Waals surface area contributed by atoms with Gasteiger partial charge in [0, 0.05) is 6.42 Å². The number of quaternary nitrogens is 1. The van der Waals surface area contributed by atoms with Crippen molar-refractivity contribution >= 4 is 0 Å². The smallest absolute Gasteiger partial charge is 0.128 e. The quantitative estimate of drug-likeness (QED) is 0.741. The van der Waals surface area contributed by atoms with Crippen molar-refractivity contribution in [1.82, 2.24) is 0 Å². The summed E-state index contributed by atoms with van der Waals surface area (Å²) in [5, 5.41) is 12.2. The van der Waals surface area contributed by atoms with Crippen LogP contribution in [0.5, 0.6) is 0 Å². The summed E-state index contributed by atoms with van der Waals surface area (Å²) in [4.78, 5) is 0. The predicted molar refractivity (Wildman–Crippen MR) is 73.2 cm³/mol. The van der Waals surface area contributed by atoms with Crippen LogP contribution < -0.4 is 5.32 Å². The Kier molecular flexibility index (Phi) is 4.94. The van der Waals surface area contributed by atoms with Crippen LogP contribution in [0, 0.1) is 0 Å². The van der Waals surface area contributed by atoms with Crippen LogP contribution in [0.3, 0.4) is 0 Å². The summed E-state index contributed by atoms with van der Waals surface area (Å²) >= 11 is 0. The van der Waals surface area contributed by atoms with Gasteiger partial charge in [0.1, 0.15) is 12.6 Å². The van der Waals surface area contributed by atoms with Gasteiger partial charge < -0.3 is 10.4 Å². The molecule has 0 fully saturated rings. The Morgan fingerprint density at radius 2 is 1.50 bits per heavy atom. The molecular weight excluding hydrogens is 222 g/mol. The van der Waals surface area contributed by atoms with Crippen LogP contribution in [0.25, 0.3) is 0 Å². The number of nitrogens with two attached hydrogens (primary N) is 1. The fraction of sp³-hybridized carbons (Fsp3) is 0.250. The number of hydrogen-bond acceptors (Lipinski definition) is 1. The van der Waals surface area contributed by atoms with Gasteiger partial charge in [-0.15, -0.1) is 0 Å². The second kappa shape index (κ2) is 6.94. The molecule has 0 aliphatic heterocycles. The second-order valence-corrected chi connectivity index (χ2v) is 4.48. The van der Waals surface area contributed by atoms with Crippen molar-refractivity contribution in [1.29, 1.82) is 0 Å². The molecule has 0 radical (unpaired) electrons. The maximum Gasteiger partial charge on any atom is 0.128 e. The van der Waals surface area contributed by atoms with Gasteiger partial charge in [-0.05, 0) is 11.1 Å². The molecule has 94 valence electrons. The van der Waals surface area contributed by atoms with Gasteiger partial charge in [0.2, 0.25) is 0 Å². The van der Waals surface area contributed by atoms with Gasteiger partial charge in [0.15, 0.2) is 0 Å². The van der Waals surface area contributed by atoms with Gasteiger partial charge in [0.25, 0.3) is 0 Å². The van der Waals surface area contributed by atoms with E-state index in [1.54, 1.807) is 0 Å². The highest BCUT2D eigenvalue weighted by atomic mass is 16.3. The van der Waals surface area contributed by atoms with Crippen molar-refractivity contribution in [3.63, 3.8) is 0 Å². The molecule has 18 heavy (non-hydrogen) atoms. The van der Waals surface area contributed by atoms with E-state index in [0.29, 0.717) is 0 Å². The zero-order valence-corrected chi connectivity index (χ0v) is 10.5. The largest absolute Gasteiger partial charge is 0.382 e. The maximum atomic E-state index is 9.99. The topological polar surface area (TPSA) is 36.8 Å². The highest BCUT2D eigenvalue weighted by Crippen LogP contribution is 2.08. The monoisotopic (exact) mass is 242 g/mol. The Hall–Kier alpha value is -1.64.